The maximum Gasteiger partial charge on any atom is 0.224 e. The van der Waals surface area contributed by atoms with E-state index in [1.807, 2.05) is 31.2 Å². The lowest BCUT2D eigenvalue weighted by atomic mass is 10.0. The van der Waals surface area contributed by atoms with Crippen molar-refractivity contribution in [3.8, 4) is 0 Å². The summed E-state index contributed by atoms with van der Waals surface area (Å²) >= 11 is 0. The molecule has 1 amide bonds. The van der Waals surface area contributed by atoms with Crippen LogP contribution in [0.5, 0.6) is 0 Å². The maximum atomic E-state index is 12.2. The summed E-state index contributed by atoms with van der Waals surface area (Å²) in [5.41, 5.74) is 4.74. The number of aryl methyl sites for hydroxylation is 2. The highest BCUT2D eigenvalue weighted by atomic mass is 16.1. The van der Waals surface area contributed by atoms with Gasteiger partial charge in [-0.25, -0.2) is 0 Å². The molecule has 0 heterocycles. The van der Waals surface area contributed by atoms with Gasteiger partial charge in [0.2, 0.25) is 5.91 Å². The zero-order chi connectivity index (χ0) is 15.2. The predicted octanol–water partition coefficient (Wildman–Crippen LogP) is 3.98. The molecule has 0 fully saturated rings. The van der Waals surface area contributed by atoms with E-state index in [1.165, 1.54) is 16.7 Å². The fourth-order valence-electron chi connectivity index (χ4n) is 2.52. The highest BCUT2D eigenvalue weighted by Gasteiger charge is 2.11. The Morgan fingerprint density at radius 2 is 1.67 bits per heavy atom. The number of rotatable bonds is 5. The summed E-state index contributed by atoms with van der Waals surface area (Å²) in [4.78, 5) is 12.2. The molecule has 0 spiro atoms. The standard InChI is InChI=1S/C19H23NO/c1-4-16-9-11-17(12-10-16)13-19(21)20-15(3)18-8-6-5-7-14(18)2/h5-12,15H,4,13H2,1-3H3,(H,20,21)/t15-/m1/s1. The van der Waals surface area contributed by atoms with E-state index in [2.05, 4.69) is 43.4 Å². The molecule has 21 heavy (non-hydrogen) atoms. The Kier molecular flexibility index (Phi) is 5.15. The second-order valence-electron chi connectivity index (χ2n) is 5.49. The molecule has 0 aliphatic carbocycles. The number of nitrogens with one attached hydrogen (secondary N) is 1. The number of hydrogen-bond donors (Lipinski definition) is 1. The first kappa shape index (κ1) is 15.3. The zero-order valence-corrected chi connectivity index (χ0v) is 13.0. The normalized spacial score (nSPS) is 12.0. The number of benzene rings is 2. The molecule has 2 aromatic carbocycles. The van der Waals surface area contributed by atoms with Crippen LogP contribution in [0.4, 0.5) is 0 Å². The van der Waals surface area contributed by atoms with Crippen molar-refractivity contribution >= 4 is 5.91 Å². The zero-order valence-electron chi connectivity index (χ0n) is 13.0. The number of carbonyl (C=O) groups is 1. The van der Waals surface area contributed by atoms with Gasteiger partial charge >= 0.3 is 0 Å². The third-order valence-electron chi connectivity index (χ3n) is 3.83. The van der Waals surface area contributed by atoms with Crippen LogP contribution in [0.3, 0.4) is 0 Å². The Balaban J connectivity index is 1.96. The largest absolute Gasteiger partial charge is 0.349 e. The molecule has 2 heteroatoms. The summed E-state index contributed by atoms with van der Waals surface area (Å²) in [6, 6.07) is 16.5. The van der Waals surface area contributed by atoms with Crippen LogP contribution in [0, 0.1) is 6.92 Å². The van der Waals surface area contributed by atoms with Crippen molar-refractivity contribution in [1.29, 1.82) is 0 Å². The molecule has 1 N–H and O–H groups in total. The first-order chi connectivity index (χ1) is 10.1. The summed E-state index contributed by atoms with van der Waals surface area (Å²) < 4.78 is 0. The molecule has 2 nitrogen and oxygen atoms in total. The topological polar surface area (TPSA) is 29.1 Å². The molecule has 0 saturated carbocycles. The second kappa shape index (κ2) is 7.07. The van der Waals surface area contributed by atoms with Crippen LogP contribution < -0.4 is 5.32 Å². The first-order valence-electron chi connectivity index (χ1n) is 7.53. The minimum absolute atomic E-state index is 0.0358. The lowest BCUT2D eigenvalue weighted by Crippen LogP contribution is -2.28. The maximum absolute atomic E-state index is 12.2. The highest BCUT2D eigenvalue weighted by molar-refractivity contribution is 5.79. The Morgan fingerprint density at radius 1 is 1.05 bits per heavy atom. The quantitative estimate of drug-likeness (QED) is 0.882. The van der Waals surface area contributed by atoms with Crippen molar-refractivity contribution < 1.29 is 4.79 Å². The summed E-state index contributed by atoms with van der Waals surface area (Å²) in [6.45, 7) is 6.23. The first-order valence-corrected chi connectivity index (χ1v) is 7.53. The third-order valence-corrected chi connectivity index (χ3v) is 3.83. The Morgan fingerprint density at radius 3 is 2.29 bits per heavy atom. The van der Waals surface area contributed by atoms with Crippen LogP contribution in [0.1, 0.15) is 42.1 Å². The summed E-state index contributed by atoms with van der Waals surface area (Å²) in [5, 5.41) is 3.08. The highest BCUT2D eigenvalue weighted by Crippen LogP contribution is 2.16. The van der Waals surface area contributed by atoms with E-state index in [0.29, 0.717) is 6.42 Å². The number of hydrogen-bond acceptors (Lipinski definition) is 1. The van der Waals surface area contributed by atoms with E-state index in [9.17, 15) is 4.79 Å². The van der Waals surface area contributed by atoms with Crippen LogP contribution in [-0.4, -0.2) is 5.91 Å². The van der Waals surface area contributed by atoms with Crippen molar-refractivity contribution in [3.63, 3.8) is 0 Å². The molecule has 110 valence electrons. The van der Waals surface area contributed by atoms with Crippen molar-refractivity contribution in [3.05, 3.63) is 70.8 Å². The van der Waals surface area contributed by atoms with Gasteiger partial charge in [-0.2, -0.15) is 0 Å². The van der Waals surface area contributed by atoms with Crippen LogP contribution in [0.15, 0.2) is 48.5 Å². The Bertz CT molecular complexity index is 601. The van der Waals surface area contributed by atoms with Gasteiger partial charge in [-0.15, -0.1) is 0 Å². The van der Waals surface area contributed by atoms with E-state index in [1.54, 1.807) is 0 Å². The number of carbonyl (C=O) groups excluding carboxylic acids is 1. The molecule has 0 aliphatic heterocycles. The SMILES string of the molecule is CCc1ccc(CC(=O)N[C@H](C)c2ccccc2C)cc1. The minimum Gasteiger partial charge on any atom is -0.349 e. The van der Waals surface area contributed by atoms with Gasteiger partial charge in [0.05, 0.1) is 12.5 Å². The fourth-order valence-corrected chi connectivity index (χ4v) is 2.52. The summed E-state index contributed by atoms with van der Waals surface area (Å²) in [6.07, 6.45) is 1.46. The average molecular weight is 281 g/mol. The molecule has 1 atom stereocenters. The molecular formula is C19H23NO. The van der Waals surface area contributed by atoms with Gasteiger partial charge in [-0.3, -0.25) is 4.79 Å². The van der Waals surface area contributed by atoms with Crippen molar-refractivity contribution in [1.82, 2.24) is 5.32 Å². The molecule has 2 rings (SSSR count). The average Bonchev–Trinajstić information content (AvgIpc) is 2.48. The molecule has 0 saturated heterocycles. The molecule has 0 radical (unpaired) electrons. The number of amides is 1. The van der Waals surface area contributed by atoms with Gasteiger partial charge in [0, 0.05) is 0 Å². The summed E-state index contributed by atoms with van der Waals surface area (Å²) in [5.74, 6) is 0.0648. The van der Waals surface area contributed by atoms with Crippen LogP contribution >= 0.6 is 0 Å². The lowest BCUT2D eigenvalue weighted by molar-refractivity contribution is -0.121. The Labute approximate surface area is 127 Å². The van der Waals surface area contributed by atoms with Gasteiger partial charge in [0.1, 0.15) is 0 Å². The smallest absolute Gasteiger partial charge is 0.224 e. The van der Waals surface area contributed by atoms with Gasteiger partial charge in [-0.1, -0.05) is 55.5 Å². The third kappa shape index (κ3) is 4.19. The van der Waals surface area contributed by atoms with Crippen molar-refractivity contribution in [2.45, 2.75) is 39.7 Å². The second-order valence-corrected chi connectivity index (χ2v) is 5.49. The van der Waals surface area contributed by atoms with Gasteiger partial charge in [0.15, 0.2) is 0 Å². The lowest BCUT2D eigenvalue weighted by Gasteiger charge is -2.16. The fraction of sp³-hybridized carbons (Fsp3) is 0.316. The van der Waals surface area contributed by atoms with E-state index < -0.39 is 0 Å². The van der Waals surface area contributed by atoms with E-state index in [4.69, 9.17) is 0 Å². The minimum atomic E-state index is 0.0358. The van der Waals surface area contributed by atoms with Crippen LogP contribution in [0.25, 0.3) is 0 Å². The van der Waals surface area contributed by atoms with Crippen LogP contribution in [-0.2, 0) is 17.6 Å². The molecule has 0 aromatic heterocycles. The van der Waals surface area contributed by atoms with E-state index in [0.717, 1.165) is 12.0 Å². The molecule has 0 aliphatic rings. The van der Waals surface area contributed by atoms with Crippen molar-refractivity contribution in [2.75, 3.05) is 0 Å². The van der Waals surface area contributed by atoms with Gasteiger partial charge in [0.25, 0.3) is 0 Å². The van der Waals surface area contributed by atoms with E-state index >= 15 is 0 Å². The monoisotopic (exact) mass is 281 g/mol. The molecule has 0 bridgehead atoms. The molecular weight excluding hydrogens is 258 g/mol. The van der Waals surface area contributed by atoms with Crippen molar-refractivity contribution in [2.24, 2.45) is 0 Å². The van der Waals surface area contributed by atoms with Gasteiger partial charge in [-0.05, 0) is 42.5 Å². The predicted molar refractivity (Wildman–Crippen MR) is 87.3 cm³/mol. The summed E-state index contributed by atoms with van der Waals surface area (Å²) in [7, 11) is 0. The Hall–Kier alpha value is -2.09. The van der Waals surface area contributed by atoms with E-state index in [-0.39, 0.29) is 11.9 Å². The molecule has 0 unspecified atom stereocenters. The van der Waals surface area contributed by atoms with Gasteiger partial charge < -0.3 is 5.32 Å². The molecule has 2 aromatic rings. The van der Waals surface area contributed by atoms with Crippen LogP contribution in [0.2, 0.25) is 0 Å².